The molecule has 0 fully saturated rings. The zero-order valence-electron chi connectivity index (χ0n) is 14.6. The largest absolute Gasteiger partial charge is 0.354 e. The molecule has 1 atom stereocenters. The van der Waals surface area contributed by atoms with Gasteiger partial charge >= 0.3 is 0 Å². The molecule has 0 radical (unpaired) electrons. The van der Waals surface area contributed by atoms with E-state index in [1.807, 2.05) is 18.2 Å². The van der Waals surface area contributed by atoms with Crippen LogP contribution in [0.1, 0.15) is 38.8 Å². The molecule has 0 saturated heterocycles. The van der Waals surface area contributed by atoms with Gasteiger partial charge in [-0.25, -0.2) is 0 Å². The molecule has 1 heterocycles. The van der Waals surface area contributed by atoms with Gasteiger partial charge in [-0.2, -0.15) is 0 Å². The molecule has 25 heavy (non-hydrogen) atoms. The van der Waals surface area contributed by atoms with Gasteiger partial charge in [-0.1, -0.05) is 51.8 Å². The summed E-state index contributed by atoms with van der Waals surface area (Å²) in [4.78, 5) is 13.0. The fourth-order valence-corrected chi connectivity index (χ4v) is 4.02. The highest BCUT2D eigenvalue weighted by Crippen LogP contribution is 2.48. The van der Waals surface area contributed by atoms with Crippen LogP contribution in [0.3, 0.4) is 0 Å². The number of hydrogen-bond acceptors (Lipinski definition) is 3. The van der Waals surface area contributed by atoms with E-state index in [4.69, 9.17) is 0 Å². The maximum atomic E-state index is 11.0. The molecule has 130 valence electrons. The Kier molecular flexibility index (Phi) is 4.69. The number of nitro benzene ring substituents is 1. The van der Waals surface area contributed by atoms with Crippen LogP contribution < -0.4 is 4.90 Å². The standard InChI is InChI=1S/C20H21BrN2O2/c1-14-13-18(15-7-5-4-6-8-15)22(20(2,3)19(14)21)16-9-11-17(12-10-16)23(24)25/h4-12,18H,13H2,1-3H3. The van der Waals surface area contributed by atoms with Crippen molar-refractivity contribution in [1.82, 2.24) is 0 Å². The quantitative estimate of drug-likeness (QED) is 0.469. The highest BCUT2D eigenvalue weighted by atomic mass is 79.9. The summed E-state index contributed by atoms with van der Waals surface area (Å²) in [5.74, 6) is 0. The highest BCUT2D eigenvalue weighted by Gasteiger charge is 2.40. The molecule has 5 heteroatoms. The monoisotopic (exact) mass is 400 g/mol. The first-order chi connectivity index (χ1) is 11.8. The van der Waals surface area contributed by atoms with Gasteiger partial charge < -0.3 is 4.90 Å². The van der Waals surface area contributed by atoms with Gasteiger partial charge in [-0.3, -0.25) is 10.1 Å². The molecule has 1 unspecified atom stereocenters. The van der Waals surface area contributed by atoms with Crippen molar-refractivity contribution in [3.05, 3.63) is 80.3 Å². The second kappa shape index (κ2) is 6.64. The number of nitro groups is 1. The Labute approximate surface area is 156 Å². The van der Waals surface area contributed by atoms with E-state index in [9.17, 15) is 10.1 Å². The summed E-state index contributed by atoms with van der Waals surface area (Å²) in [5, 5.41) is 11.0. The fraction of sp³-hybridized carbons (Fsp3) is 0.300. The van der Waals surface area contributed by atoms with E-state index < -0.39 is 0 Å². The second-order valence-corrected chi connectivity index (χ2v) is 7.72. The van der Waals surface area contributed by atoms with Crippen molar-refractivity contribution in [2.75, 3.05) is 4.90 Å². The van der Waals surface area contributed by atoms with Crippen LogP contribution >= 0.6 is 15.9 Å². The van der Waals surface area contributed by atoms with Crippen molar-refractivity contribution in [2.24, 2.45) is 0 Å². The third kappa shape index (κ3) is 3.21. The van der Waals surface area contributed by atoms with Gasteiger partial charge in [0.25, 0.3) is 5.69 Å². The third-order valence-electron chi connectivity index (χ3n) is 4.85. The molecule has 0 bridgehead atoms. The first-order valence-electron chi connectivity index (χ1n) is 8.27. The summed E-state index contributed by atoms with van der Waals surface area (Å²) >= 11 is 3.78. The molecule has 0 aromatic heterocycles. The first-order valence-corrected chi connectivity index (χ1v) is 9.06. The molecule has 0 N–H and O–H groups in total. The van der Waals surface area contributed by atoms with E-state index in [2.05, 4.69) is 65.9 Å². The van der Waals surface area contributed by atoms with Crippen LogP contribution in [0.15, 0.2) is 64.7 Å². The van der Waals surface area contributed by atoms with E-state index >= 15 is 0 Å². The van der Waals surface area contributed by atoms with Crippen molar-refractivity contribution in [2.45, 2.75) is 38.8 Å². The van der Waals surface area contributed by atoms with Crippen molar-refractivity contribution < 1.29 is 4.92 Å². The van der Waals surface area contributed by atoms with E-state index in [0.717, 1.165) is 12.1 Å². The maximum absolute atomic E-state index is 11.0. The van der Waals surface area contributed by atoms with E-state index in [1.54, 1.807) is 12.1 Å². The highest BCUT2D eigenvalue weighted by molar-refractivity contribution is 9.11. The third-order valence-corrected chi connectivity index (χ3v) is 6.50. The molecule has 0 aliphatic carbocycles. The minimum atomic E-state index is -0.361. The Morgan fingerprint density at radius 2 is 1.72 bits per heavy atom. The zero-order chi connectivity index (χ0) is 18.2. The molecule has 0 amide bonds. The summed E-state index contributed by atoms with van der Waals surface area (Å²) in [5.41, 5.74) is 3.42. The van der Waals surface area contributed by atoms with Crippen LogP contribution in [0.25, 0.3) is 0 Å². The summed E-state index contributed by atoms with van der Waals surface area (Å²) < 4.78 is 1.17. The Bertz CT molecular complexity index is 813. The minimum Gasteiger partial charge on any atom is -0.354 e. The van der Waals surface area contributed by atoms with Gasteiger partial charge in [0.1, 0.15) is 0 Å². The Morgan fingerprint density at radius 1 is 1.12 bits per heavy atom. The molecule has 3 rings (SSSR count). The average molecular weight is 401 g/mol. The second-order valence-electron chi connectivity index (χ2n) is 6.93. The number of rotatable bonds is 3. The Balaban J connectivity index is 2.12. The van der Waals surface area contributed by atoms with Crippen molar-refractivity contribution in [3.8, 4) is 0 Å². The van der Waals surface area contributed by atoms with Gasteiger partial charge in [0, 0.05) is 22.3 Å². The number of anilines is 1. The molecule has 1 aliphatic heterocycles. The van der Waals surface area contributed by atoms with Crippen molar-refractivity contribution in [3.63, 3.8) is 0 Å². The van der Waals surface area contributed by atoms with Crippen molar-refractivity contribution >= 4 is 27.3 Å². The number of halogens is 1. The predicted molar refractivity (Wildman–Crippen MR) is 105 cm³/mol. The zero-order valence-corrected chi connectivity index (χ0v) is 16.2. The fourth-order valence-electron chi connectivity index (χ4n) is 3.67. The lowest BCUT2D eigenvalue weighted by Crippen LogP contribution is -2.49. The van der Waals surface area contributed by atoms with Crippen LogP contribution in [-0.4, -0.2) is 10.5 Å². The van der Waals surface area contributed by atoms with Gasteiger partial charge in [-0.15, -0.1) is 0 Å². The number of hydrogen-bond donors (Lipinski definition) is 0. The summed E-state index contributed by atoms with van der Waals surface area (Å²) in [6.07, 6.45) is 0.908. The molecular weight excluding hydrogens is 380 g/mol. The first kappa shape index (κ1) is 17.7. The molecule has 1 aliphatic rings. The van der Waals surface area contributed by atoms with Gasteiger partial charge in [0.05, 0.1) is 16.5 Å². The van der Waals surface area contributed by atoms with Crippen LogP contribution in [0.4, 0.5) is 11.4 Å². The summed E-state index contributed by atoms with van der Waals surface area (Å²) in [6, 6.07) is 17.4. The molecule has 4 nitrogen and oxygen atoms in total. The Morgan fingerprint density at radius 3 is 2.28 bits per heavy atom. The van der Waals surface area contributed by atoms with E-state index in [0.29, 0.717) is 0 Å². The van der Waals surface area contributed by atoms with E-state index in [1.165, 1.54) is 15.6 Å². The van der Waals surface area contributed by atoms with Crippen LogP contribution in [-0.2, 0) is 0 Å². The number of nitrogens with zero attached hydrogens (tertiary/aromatic N) is 2. The minimum absolute atomic E-state index is 0.112. The molecule has 0 saturated carbocycles. The summed E-state index contributed by atoms with van der Waals surface area (Å²) in [7, 11) is 0. The maximum Gasteiger partial charge on any atom is 0.269 e. The SMILES string of the molecule is CC1=C(Br)C(C)(C)N(c2ccc([N+](=O)[O-])cc2)C(c2ccccc2)C1. The number of benzene rings is 2. The lowest BCUT2D eigenvalue weighted by molar-refractivity contribution is -0.384. The van der Waals surface area contributed by atoms with Crippen molar-refractivity contribution in [1.29, 1.82) is 0 Å². The van der Waals surface area contributed by atoms with Gasteiger partial charge in [0.2, 0.25) is 0 Å². The van der Waals surface area contributed by atoms with Gasteiger partial charge in [-0.05, 0) is 44.9 Å². The molecular formula is C20H21BrN2O2. The average Bonchev–Trinajstić information content (AvgIpc) is 2.60. The molecule has 2 aromatic carbocycles. The normalized spacial score (nSPS) is 19.8. The lowest BCUT2D eigenvalue weighted by Gasteiger charge is -2.50. The topological polar surface area (TPSA) is 46.4 Å². The molecule has 2 aromatic rings. The summed E-state index contributed by atoms with van der Waals surface area (Å²) in [6.45, 7) is 6.52. The van der Waals surface area contributed by atoms with Crippen LogP contribution in [0.2, 0.25) is 0 Å². The smallest absolute Gasteiger partial charge is 0.269 e. The van der Waals surface area contributed by atoms with Crippen LogP contribution in [0, 0.1) is 10.1 Å². The lowest BCUT2D eigenvalue weighted by atomic mass is 9.84. The van der Waals surface area contributed by atoms with Gasteiger partial charge in [0.15, 0.2) is 0 Å². The van der Waals surface area contributed by atoms with Crippen LogP contribution in [0.5, 0.6) is 0 Å². The number of non-ortho nitro benzene ring substituents is 1. The predicted octanol–water partition coefficient (Wildman–Crippen LogP) is 5.99. The molecule has 0 spiro atoms. The Hall–Kier alpha value is -2.14. The van der Waals surface area contributed by atoms with E-state index in [-0.39, 0.29) is 22.2 Å².